The van der Waals surface area contributed by atoms with Gasteiger partial charge in [-0.25, -0.2) is 0 Å². The summed E-state index contributed by atoms with van der Waals surface area (Å²) in [7, 11) is 3.11. The lowest BCUT2D eigenvalue weighted by molar-refractivity contribution is 0.0991. The van der Waals surface area contributed by atoms with Crippen molar-refractivity contribution in [2.75, 3.05) is 14.2 Å². The summed E-state index contributed by atoms with van der Waals surface area (Å²) in [6.45, 7) is 0. The Hall–Kier alpha value is -1.33. The lowest BCUT2D eigenvalue weighted by Gasteiger charge is -2.11. The first kappa shape index (κ1) is 16.0. The van der Waals surface area contributed by atoms with Gasteiger partial charge in [0.05, 0.1) is 14.2 Å². The summed E-state index contributed by atoms with van der Waals surface area (Å²) >= 11 is 6.87. The Morgan fingerprint density at radius 3 is 2.24 bits per heavy atom. The summed E-state index contributed by atoms with van der Waals surface area (Å²) in [4.78, 5) is 12.5. The molecule has 0 heterocycles. The fraction of sp³-hybridized carbons (Fsp3) is 0.188. The Labute approximate surface area is 140 Å². The standard InChI is InChI=1S/C16H14Br2O3/c1-20-15-8-11(13(18)9-16(15)21-2)14(19)7-10-5-3-4-6-12(10)17/h3-6,8-9H,7H2,1-2H3. The molecule has 0 aliphatic rings. The van der Waals surface area contributed by atoms with Gasteiger partial charge in [0.2, 0.25) is 0 Å². The number of rotatable bonds is 5. The second-order valence-corrected chi connectivity index (χ2v) is 6.09. The van der Waals surface area contributed by atoms with Crippen LogP contribution in [0.2, 0.25) is 0 Å². The van der Waals surface area contributed by atoms with E-state index in [1.807, 2.05) is 24.3 Å². The van der Waals surface area contributed by atoms with Gasteiger partial charge in [0.25, 0.3) is 0 Å². The second-order valence-electron chi connectivity index (χ2n) is 4.38. The van der Waals surface area contributed by atoms with Crippen LogP contribution in [0, 0.1) is 0 Å². The quantitative estimate of drug-likeness (QED) is 0.669. The lowest BCUT2D eigenvalue weighted by Crippen LogP contribution is -2.06. The molecule has 0 unspecified atom stereocenters. The Morgan fingerprint density at radius 1 is 1.00 bits per heavy atom. The number of benzene rings is 2. The molecule has 2 aromatic rings. The van der Waals surface area contributed by atoms with Crippen LogP contribution < -0.4 is 9.47 Å². The van der Waals surface area contributed by atoms with E-state index in [4.69, 9.17) is 9.47 Å². The lowest BCUT2D eigenvalue weighted by atomic mass is 10.0. The molecule has 3 nitrogen and oxygen atoms in total. The largest absolute Gasteiger partial charge is 0.493 e. The minimum absolute atomic E-state index is 0.00901. The highest BCUT2D eigenvalue weighted by Crippen LogP contribution is 2.34. The summed E-state index contributed by atoms with van der Waals surface area (Å²) in [6, 6.07) is 11.1. The van der Waals surface area contributed by atoms with Crippen LogP contribution in [0.3, 0.4) is 0 Å². The molecule has 0 N–H and O–H groups in total. The maximum absolute atomic E-state index is 12.5. The average molecular weight is 414 g/mol. The second kappa shape index (κ2) is 7.09. The predicted octanol–water partition coefficient (Wildman–Crippen LogP) is 4.65. The zero-order valence-electron chi connectivity index (χ0n) is 11.7. The van der Waals surface area contributed by atoms with E-state index in [0.717, 1.165) is 10.0 Å². The molecular formula is C16H14Br2O3. The maximum atomic E-state index is 12.5. The third-order valence-electron chi connectivity index (χ3n) is 3.08. The molecule has 0 aliphatic carbocycles. The molecule has 0 radical (unpaired) electrons. The highest BCUT2D eigenvalue weighted by Gasteiger charge is 2.16. The monoisotopic (exact) mass is 412 g/mol. The molecule has 2 aromatic carbocycles. The highest BCUT2D eigenvalue weighted by molar-refractivity contribution is 9.10. The number of Topliss-reactive ketones (excluding diaryl/α,β-unsaturated/α-hetero) is 1. The van der Waals surface area contributed by atoms with Crippen molar-refractivity contribution in [2.45, 2.75) is 6.42 Å². The summed E-state index contributed by atoms with van der Waals surface area (Å²) in [5.41, 5.74) is 1.52. The van der Waals surface area contributed by atoms with Crippen LogP contribution >= 0.6 is 31.9 Å². The Kier molecular flexibility index (Phi) is 5.42. The van der Waals surface area contributed by atoms with E-state index in [9.17, 15) is 4.79 Å². The van der Waals surface area contributed by atoms with Gasteiger partial charge in [-0.05, 0) is 39.7 Å². The molecule has 0 amide bonds. The smallest absolute Gasteiger partial charge is 0.168 e. The van der Waals surface area contributed by atoms with Crippen molar-refractivity contribution in [2.24, 2.45) is 0 Å². The predicted molar refractivity (Wildman–Crippen MR) is 89.4 cm³/mol. The first-order valence-electron chi connectivity index (χ1n) is 6.25. The van der Waals surface area contributed by atoms with Crippen molar-refractivity contribution < 1.29 is 14.3 Å². The third-order valence-corrected chi connectivity index (χ3v) is 4.51. The van der Waals surface area contributed by atoms with Crippen LogP contribution in [0.1, 0.15) is 15.9 Å². The third kappa shape index (κ3) is 3.66. The van der Waals surface area contributed by atoms with Gasteiger partial charge in [0, 0.05) is 20.9 Å². The molecule has 0 fully saturated rings. The van der Waals surface area contributed by atoms with Crippen molar-refractivity contribution in [1.82, 2.24) is 0 Å². The van der Waals surface area contributed by atoms with Crippen LogP contribution in [-0.4, -0.2) is 20.0 Å². The molecule has 21 heavy (non-hydrogen) atoms. The summed E-state index contributed by atoms with van der Waals surface area (Å²) in [5, 5.41) is 0. The van der Waals surface area contributed by atoms with Gasteiger partial charge in [-0.15, -0.1) is 0 Å². The first-order chi connectivity index (χ1) is 10.1. The molecule has 0 atom stereocenters. The summed E-state index contributed by atoms with van der Waals surface area (Å²) in [5.74, 6) is 1.13. The molecule has 0 saturated carbocycles. The average Bonchev–Trinajstić information content (AvgIpc) is 2.49. The Morgan fingerprint density at radius 2 is 1.62 bits per heavy atom. The van der Waals surface area contributed by atoms with Gasteiger partial charge >= 0.3 is 0 Å². The van der Waals surface area contributed by atoms with Crippen LogP contribution in [0.4, 0.5) is 0 Å². The van der Waals surface area contributed by atoms with Gasteiger partial charge in [-0.1, -0.05) is 34.1 Å². The van der Waals surface area contributed by atoms with Crippen LogP contribution in [0.25, 0.3) is 0 Å². The molecule has 2 rings (SSSR count). The molecule has 0 aromatic heterocycles. The Bertz CT molecular complexity index is 669. The zero-order chi connectivity index (χ0) is 15.4. The topological polar surface area (TPSA) is 35.5 Å². The van der Waals surface area contributed by atoms with Gasteiger partial charge in [0.1, 0.15) is 0 Å². The zero-order valence-corrected chi connectivity index (χ0v) is 14.8. The highest BCUT2D eigenvalue weighted by atomic mass is 79.9. The molecule has 110 valence electrons. The number of halogens is 2. The number of methoxy groups -OCH3 is 2. The fourth-order valence-corrected chi connectivity index (χ4v) is 2.95. The van der Waals surface area contributed by atoms with Crippen molar-refractivity contribution in [3.8, 4) is 11.5 Å². The molecule has 5 heteroatoms. The van der Waals surface area contributed by atoms with Gasteiger partial charge in [-0.2, -0.15) is 0 Å². The normalized spacial score (nSPS) is 10.3. The van der Waals surface area contributed by atoms with Crippen molar-refractivity contribution in [3.63, 3.8) is 0 Å². The molecule has 0 aliphatic heterocycles. The Balaban J connectivity index is 2.33. The van der Waals surface area contributed by atoms with Crippen molar-refractivity contribution >= 4 is 37.6 Å². The number of ether oxygens (including phenoxy) is 2. The SMILES string of the molecule is COc1cc(Br)c(C(=O)Cc2ccccc2Br)cc1OC. The molecular weight excluding hydrogens is 400 g/mol. The van der Waals surface area contributed by atoms with E-state index in [0.29, 0.717) is 28.0 Å². The summed E-state index contributed by atoms with van der Waals surface area (Å²) < 4.78 is 12.1. The minimum atomic E-state index is 0.00901. The molecule has 0 saturated heterocycles. The maximum Gasteiger partial charge on any atom is 0.168 e. The van der Waals surface area contributed by atoms with Gasteiger partial charge in [0.15, 0.2) is 17.3 Å². The number of carbonyl (C=O) groups excluding carboxylic acids is 1. The van der Waals surface area contributed by atoms with Crippen molar-refractivity contribution in [1.29, 1.82) is 0 Å². The van der Waals surface area contributed by atoms with E-state index in [1.165, 1.54) is 0 Å². The van der Waals surface area contributed by atoms with E-state index < -0.39 is 0 Å². The van der Waals surface area contributed by atoms with E-state index in [2.05, 4.69) is 31.9 Å². The molecule has 0 spiro atoms. The number of hydrogen-bond donors (Lipinski definition) is 0. The number of carbonyl (C=O) groups is 1. The van der Waals surface area contributed by atoms with Crippen LogP contribution in [0.5, 0.6) is 11.5 Å². The number of hydrogen-bond acceptors (Lipinski definition) is 3. The molecule has 0 bridgehead atoms. The van der Waals surface area contributed by atoms with E-state index in [1.54, 1.807) is 26.4 Å². The first-order valence-corrected chi connectivity index (χ1v) is 7.83. The van der Waals surface area contributed by atoms with E-state index >= 15 is 0 Å². The van der Waals surface area contributed by atoms with Crippen LogP contribution in [0.15, 0.2) is 45.3 Å². The van der Waals surface area contributed by atoms with Gasteiger partial charge < -0.3 is 9.47 Å². The number of ketones is 1. The summed E-state index contributed by atoms with van der Waals surface area (Å²) in [6.07, 6.45) is 0.315. The van der Waals surface area contributed by atoms with Crippen molar-refractivity contribution in [3.05, 3.63) is 56.5 Å². The minimum Gasteiger partial charge on any atom is -0.493 e. The van der Waals surface area contributed by atoms with Gasteiger partial charge in [-0.3, -0.25) is 4.79 Å². The van der Waals surface area contributed by atoms with Crippen LogP contribution in [-0.2, 0) is 6.42 Å². The fourth-order valence-electron chi connectivity index (χ4n) is 1.98. The van der Waals surface area contributed by atoms with E-state index in [-0.39, 0.29) is 5.78 Å².